The Hall–Kier alpha value is -2.72. The van der Waals surface area contributed by atoms with Crippen molar-refractivity contribution in [1.29, 1.82) is 0 Å². The van der Waals surface area contributed by atoms with E-state index in [2.05, 4.69) is 20.9 Å². The molecule has 1 amide bonds. The smallest absolute Gasteiger partial charge is 0.324 e. The van der Waals surface area contributed by atoms with Gasteiger partial charge in [-0.05, 0) is 30.7 Å². The molecule has 0 aliphatic carbocycles. The molecule has 1 aromatic heterocycles. The Kier molecular flexibility index (Phi) is 5.37. The molecule has 11 heteroatoms. The Morgan fingerprint density at radius 3 is 2.63 bits per heavy atom. The first-order valence-corrected chi connectivity index (χ1v) is 10.1. The van der Waals surface area contributed by atoms with Gasteiger partial charge < -0.3 is 10.7 Å². The van der Waals surface area contributed by atoms with E-state index in [1.165, 1.54) is 11.8 Å². The average Bonchev–Trinajstić information content (AvgIpc) is 3.08. The highest BCUT2D eigenvalue weighted by Crippen LogP contribution is 2.39. The number of amides is 1. The van der Waals surface area contributed by atoms with E-state index >= 15 is 0 Å². The van der Waals surface area contributed by atoms with Crippen molar-refractivity contribution in [3.05, 3.63) is 70.5 Å². The van der Waals surface area contributed by atoms with Crippen molar-refractivity contribution in [2.45, 2.75) is 29.5 Å². The zero-order valence-electron chi connectivity index (χ0n) is 15.4. The van der Waals surface area contributed by atoms with Crippen LogP contribution in [0.4, 0.5) is 18.9 Å². The molecule has 1 aliphatic rings. The highest BCUT2D eigenvalue weighted by molar-refractivity contribution is 8.00. The monoisotopic (exact) mass is 453 g/mol. The number of aryl methyl sites for hydroxylation is 1. The Morgan fingerprint density at radius 2 is 1.93 bits per heavy atom. The summed E-state index contributed by atoms with van der Waals surface area (Å²) < 4.78 is 40.8. The lowest BCUT2D eigenvalue weighted by Crippen LogP contribution is -2.41. The second-order valence-electron chi connectivity index (χ2n) is 6.60. The van der Waals surface area contributed by atoms with E-state index in [-0.39, 0.29) is 10.7 Å². The van der Waals surface area contributed by atoms with Crippen LogP contribution in [-0.4, -0.2) is 26.0 Å². The lowest BCUT2D eigenvalue weighted by atomic mass is 10.0. The molecule has 0 spiro atoms. The molecule has 2 N–H and O–H groups in total. The van der Waals surface area contributed by atoms with Crippen LogP contribution >= 0.6 is 23.4 Å². The number of halogens is 4. The van der Waals surface area contributed by atoms with Crippen molar-refractivity contribution in [2.24, 2.45) is 0 Å². The predicted molar refractivity (Wildman–Crippen MR) is 108 cm³/mol. The summed E-state index contributed by atoms with van der Waals surface area (Å²) in [5, 5.41) is 10.4. The third kappa shape index (κ3) is 3.97. The SMILES string of the molecule is Cc1nnc2n1N[C@H](c1ccccc1)[C@H](C(=O)Nc1cc(C(F)(F)F)ccc1Cl)S2. The van der Waals surface area contributed by atoms with Gasteiger partial charge in [0.05, 0.1) is 22.3 Å². The lowest BCUT2D eigenvalue weighted by Gasteiger charge is -2.32. The van der Waals surface area contributed by atoms with Crippen LogP contribution in [0, 0.1) is 6.92 Å². The zero-order chi connectivity index (χ0) is 21.5. The van der Waals surface area contributed by atoms with Gasteiger partial charge in [-0.1, -0.05) is 53.7 Å². The van der Waals surface area contributed by atoms with Crippen molar-refractivity contribution in [3.8, 4) is 0 Å². The van der Waals surface area contributed by atoms with E-state index < -0.39 is 28.9 Å². The normalized spacial score (nSPS) is 18.4. The average molecular weight is 454 g/mol. The minimum Gasteiger partial charge on any atom is -0.324 e. The molecule has 2 heterocycles. The zero-order valence-corrected chi connectivity index (χ0v) is 17.0. The largest absolute Gasteiger partial charge is 0.416 e. The maximum absolute atomic E-state index is 13.1. The summed E-state index contributed by atoms with van der Waals surface area (Å²) in [5.74, 6) is 0.118. The molecule has 156 valence electrons. The molecule has 0 fully saturated rings. The number of nitrogens with one attached hydrogen (secondary N) is 2. The van der Waals surface area contributed by atoms with Gasteiger partial charge >= 0.3 is 6.18 Å². The minimum absolute atomic E-state index is 0.0143. The van der Waals surface area contributed by atoms with Gasteiger partial charge in [-0.2, -0.15) is 13.2 Å². The quantitative estimate of drug-likeness (QED) is 0.603. The number of nitrogens with zero attached hydrogens (tertiary/aromatic N) is 3. The number of anilines is 1. The Bertz CT molecular complexity index is 1090. The molecular weight excluding hydrogens is 439 g/mol. The van der Waals surface area contributed by atoms with E-state index in [4.69, 9.17) is 11.6 Å². The molecule has 2 aromatic carbocycles. The van der Waals surface area contributed by atoms with Crippen LogP contribution in [0.15, 0.2) is 53.7 Å². The van der Waals surface area contributed by atoms with E-state index in [1.807, 2.05) is 30.3 Å². The van der Waals surface area contributed by atoms with Crippen molar-refractivity contribution >= 4 is 35.0 Å². The Morgan fingerprint density at radius 1 is 1.20 bits per heavy atom. The number of hydrogen-bond acceptors (Lipinski definition) is 5. The van der Waals surface area contributed by atoms with Crippen LogP contribution in [0.25, 0.3) is 0 Å². The summed E-state index contributed by atoms with van der Waals surface area (Å²) in [6, 6.07) is 11.6. The number of alkyl halides is 3. The Labute approximate surface area is 178 Å². The topological polar surface area (TPSA) is 71.8 Å². The predicted octanol–water partition coefficient (Wildman–Crippen LogP) is 4.66. The molecule has 0 saturated heterocycles. The number of fused-ring (bicyclic) bond motifs is 1. The fourth-order valence-corrected chi connectivity index (χ4v) is 4.36. The molecular formula is C19H15ClF3N5OS. The maximum Gasteiger partial charge on any atom is 0.416 e. The summed E-state index contributed by atoms with van der Waals surface area (Å²) in [7, 11) is 0. The van der Waals surface area contributed by atoms with Crippen LogP contribution in [0.1, 0.15) is 23.0 Å². The first-order valence-electron chi connectivity index (χ1n) is 8.82. The van der Waals surface area contributed by atoms with E-state index in [0.717, 1.165) is 23.8 Å². The van der Waals surface area contributed by atoms with Gasteiger partial charge in [-0.15, -0.1) is 10.2 Å². The summed E-state index contributed by atoms with van der Waals surface area (Å²) in [5.41, 5.74) is 3.06. The molecule has 1 aliphatic heterocycles. The van der Waals surface area contributed by atoms with Crippen molar-refractivity contribution in [2.75, 3.05) is 10.7 Å². The number of benzene rings is 2. The Balaban J connectivity index is 1.66. The number of rotatable bonds is 3. The van der Waals surface area contributed by atoms with Crippen LogP contribution < -0.4 is 10.7 Å². The molecule has 6 nitrogen and oxygen atoms in total. The van der Waals surface area contributed by atoms with Gasteiger partial charge in [0.25, 0.3) is 0 Å². The molecule has 4 rings (SSSR count). The molecule has 0 saturated carbocycles. The van der Waals surface area contributed by atoms with Crippen LogP contribution in [0.5, 0.6) is 0 Å². The van der Waals surface area contributed by atoms with Gasteiger partial charge in [0.2, 0.25) is 11.1 Å². The lowest BCUT2D eigenvalue weighted by molar-refractivity contribution is -0.137. The molecule has 2 atom stereocenters. The van der Waals surface area contributed by atoms with Crippen LogP contribution in [0.2, 0.25) is 5.02 Å². The summed E-state index contributed by atoms with van der Waals surface area (Å²) in [6.07, 6.45) is -4.55. The van der Waals surface area contributed by atoms with Crippen molar-refractivity contribution < 1.29 is 18.0 Å². The number of carbonyl (C=O) groups is 1. The van der Waals surface area contributed by atoms with Gasteiger partial charge in [-0.3, -0.25) is 4.79 Å². The van der Waals surface area contributed by atoms with E-state index in [0.29, 0.717) is 11.0 Å². The maximum atomic E-state index is 13.1. The third-order valence-corrected chi connectivity index (χ3v) is 6.11. The van der Waals surface area contributed by atoms with Crippen LogP contribution in [0.3, 0.4) is 0 Å². The van der Waals surface area contributed by atoms with E-state index in [1.54, 1.807) is 11.6 Å². The molecule has 30 heavy (non-hydrogen) atoms. The summed E-state index contributed by atoms with van der Waals surface area (Å²) in [4.78, 5) is 13.1. The molecule has 0 unspecified atom stereocenters. The van der Waals surface area contributed by atoms with Gasteiger partial charge in [0.15, 0.2) is 0 Å². The van der Waals surface area contributed by atoms with Crippen molar-refractivity contribution in [3.63, 3.8) is 0 Å². The third-order valence-electron chi connectivity index (χ3n) is 4.57. The van der Waals surface area contributed by atoms with Crippen LogP contribution in [-0.2, 0) is 11.0 Å². The molecule has 0 radical (unpaired) electrons. The first kappa shape index (κ1) is 20.5. The van der Waals surface area contributed by atoms with E-state index in [9.17, 15) is 18.0 Å². The fraction of sp³-hybridized carbons (Fsp3) is 0.211. The number of hydrogen-bond donors (Lipinski definition) is 2. The fourth-order valence-electron chi connectivity index (χ4n) is 3.07. The summed E-state index contributed by atoms with van der Waals surface area (Å²) >= 11 is 7.21. The summed E-state index contributed by atoms with van der Waals surface area (Å²) in [6.45, 7) is 1.77. The second kappa shape index (κ2) is 7.84. The number of thioether (sulfide) groups is 1. The highest BCUT2D eigenvalue weighted by Gasteiger charge is 2.38. The van der Waals surface area contributed by atoms with Gasteiger partial charge in [0, 0.05) is 0 Å². The minimum atomic E-state index is -4.55. The first-order chi connectivity index (χ1) is 14.2. The van der Waals surface area contributed by atoms with Gasteiger partial charge in [0.1, 0.15) is 11.1 Å². The highest BCUT2D eigenvalue weighted by atomic mass is 35.5. The number of carbonyl (C=O) groups excluding carboxylic acids is 1. The standard InChI is InChI=1S/C19H15ClF3N5OS/c1-10-25-26-18-28(10)27-15(11-5-3-2-4-6-11)16(30-18)17(29)24-14-9-12(19(21,22)23)7-8-13(14)20/h2-9,15-16,27H,1H3,(H,24,29)/t15-,16-/m1/s1. The van der Waals surface area contributed by atoms with Crippen molar-refractivity contribution in [1.82, 2.24) is 14.9 Å². The van der Waals surface area contributed by atoms with Gasteiger partial charge in [-0.25, -0.2) is 4.68 Å². The number of aromatic nitrogens is 3. The molecule has 3 aromatic rings. The second-order valence-corrected chi connectivity index (χ2v) is 8.12. The molecule has 0 bridgehead atoms.